The minimum atomic E-state index is -0.346. The zero-order valence-corrected chi connectivity index (χ0v) is 14.4. The average Bonchev–Trinajstić information content (AvgIpc) is 3.05. The van der Waals surface area contributed by atoms with Gasteiger partial charge in [-0.3, -0.25) is 0 Å². The van der Waals surface area contributed by atoms with Crippen LogP contribution < -0.4 is 5.32 Å². The van der Waals surface area contributed by atoms with Crippen molar-refractivity contribution in [3.05, 3.63) is 36.0 Å². The van der Waals surface area contributed by atoms with Crippen LogP contribution in [0, 0.1) is 0 Å². The maximum atomic E-state index is 11.7. The van der Waals surface area contributed by atoms with Crippen LogP contribution in [0.1, 0.15) is 32.3 Å². The minimum Gasteiger partial charge on any atom is -0.440 e. The minimum absolute atomic E-state index is 0.271. The van der Waals surface area contributed by atoms with Gasteiger partial charge in [0.25, 0.3) is 0 Å². The maximum Gasteiger partial charge on any atom is 0.408 e. The van der Waals surface area contributed by atoms with Crippen molar-refractivity contribution in [2.24, 2.45) is 0 Å². The number of ether oxygens (including phenoxy) is 1. The van der Waals surface area contributed by atoms with Crippen molar-refractivity contribution in [2.75, 3.05) is 19.6 Å². The fraction of sp³-hybridized carbons (Fsp3) is 0.526. The van der Waals surface area contributed by atoms with E-state index in [9.17, 15) is 4.79 Å². The first kappa shape index (κ1) is 15.5. The predicted molar refractivity (Wildman–Crippen MR) is 94.1 cm³/mol. The first-order valence-corrected chi connectivity index (χ1v) is 8.78. The normalized spacial score (nSPS) is 22.7. The lowest BCUT2D eigenvalue weighted by Gasteiger charge is -2.44. The fourth-order valence-electron chi connectivity index (χ4n) is 4.18. The quantitative estimate of drug-likeness (QED) is 0.911. The Hall–Kier alpha value is -2.01. The number of benzene rings is 1. The molecule has 0 unspecified atom stereocenters. The molecule has 0 saturated carbocycles. The Morgan fingerprint density at radius 2 is 1.96 bits per heavy atom. The van der Waals surface area contributed by atoms with E-state index in [4.69, 9.17) is 4.74 Å². The van der Waals surface area contributed by atoms with Gasteiger partial charge >= 0.3 is 6.09 Å². The van der Waals surface area contributed by atoms with Crippen LogP contribution in [0.5, 0.6) is 0 Å². The number of aromatic amines is 1. The van der Waals surface area contributed by atoms with Crippen molar-refractivity contribution >= 4 is 17.0 Å². The van der Waals surface area contributed by atoms with E-state index >= 15 is 0 Å². The SMILES string of the molecule is CC1(C)NC(=O)OC12CCN(CCc1c[nH]c3ccccc13)CC2. The molecule has 1 spiro atoms. The second-order valence-corrected chi connectivity index (χ2v) is 7.58. The number of aromatic nitrogens is 1. The highest BCUT2D eigenvalue weighted by Crippen LogP contribution is 2.40. The van der Waals surface area contributed by atoms with Crippen molar-refractivity contribution in [2.45, 2.75) is 44.2 Å². The number of rotatable bonds is 3. The highest BCUT2D eigenvalue weighted by atomic mass is 16.6. The Labute approximate surface area is 142 Å². The molecule has 2 aliphatic heterocycles. The van der Waals surface area contributed by atoms with E-state index in [-0.39, 0.29) is 17.2 Å². The van der Waals surface area contributed by atoms with E-state index in [1.807, 2.05) is 0 Å². The number of fused-ring (bicyclic) bond motifs is 1. The Morgan fingerprint density at radius 1 is 1.21 bits per heavy atom. The van der Waals surface area contributed by atoms with Crippen LogP contribution in [-0.2, 0) is 11.2 Å². The molecule has 4 rings (SSSR count). The average molecular weight is 327 g/mol. The molecule has 2 N–H and O–H groups in total. The van der Waals surface area contributed by atoms with Crippen LogP contribution in [0.3, 0.4) is 0 Å². The van der Waals surface area contributed by atoms with Crippen molar-refractivity contribution in [3.8, 4) is 0 Å². The molecule has 2 saturated heterocycles. The van der Waals surface area contributed by atoms with Gasteiger partial charge in [0.2, 0.25) is 0 Å². The van der Waals surface area contributed by atoms with Crippen LogP contribution >= 0.6 is 0 Å². The molecule has 1 aromatic carbocycles. The molecule has 5 heteroatoms. The molecule has 1 amide bonds. The van der Waals surface area contributed by atoms with Gasteiger partial charge in [-0.1, -0.05) is 18.2 Å². The maximum absolute atomic E-state index is 11.7. The molecule has 1 aromatic heterocycles. The summed E-state index contributed by atoms with van der Waals surface area (Å²) in [7, 11) is 0. The van der Waals surface area contributed by atoms with Gasteiger partial charge in [0.15, 0.2) is 0 Å². The summed E-state index contributed by atoms with van der Waals surface area (Å²) in [6, 6.07) is 8.45. The number of nitrogens with one attached hydrogen (secondary N) is 2. The number of hydrogen-bond acceptors (Lipinski definition) is 3. The number of para-hydroxylation sites is 1. The molecule has 2 aliphatic rings. The van der Waals surface area contributed by atoms with Crippen LogP contribution in [0.15, 0.2) is 30.5 Å². The number of likely N-dealkylation sites (tertiary alicyclic amines) is 1. The lowest BCUT2D eigenvalue weighted by atomic mass is 9.76. The van der Waals surface area contributed by atoms with E-state index in [1.54, 1.807) is 0 Å². The first-order valence-electron chi connectivity index (χ1n) is 8.78. The number of carbonyl (C=O) groups is 1. The zero-order chi connectivity index (χ0) is 16.8. The zero-order valence-electron chi connectivity index (χ0n) is 14.4. The standard InChI is InChI=1S/C19H25N3O2/c1-18(2)19(24-17(23)21-18)8-11-22(12-9-19)10-7-14-13-20-16-6-4-3-5-15(14)16/h3-6,13,20H,7-12H2,1-2H3,(H,21,23). The van der Waals surface area contributed by atoms with Crippen LogP contribution in [0.25, 0.3) is 10.9 Å². The molecule has 0 atom stereocenters. The summed E-state index contributed by atoms with van der Waals surface area (Å²) in [4.78, 5) is 17.5. The highest BCUT2D eigenvalue weighted by molar-refractivity contribution is 5.83. The summed E-state index contributed by atoms with van der Waals surface area (Å²) in [6.45, 7) is 7.13. The number of nitrogens with zero attached hydrogens (tertiary/aromatic N) is 1. The van der Waals surface area contributed by atoms with Gasteiger partial charge in [-0.25, -0.2) is 4.79 Å². The summed E-state index contributed by atoms with van der Waals surface area (Å²) in [5.41, 5.74) is 1.95. The Bertz CT molecular complexity index is 757. The number of alkyl carbamates (subject to hydrolysis) is 1. The Morgan fingerprint density at radius 3 is 2.67 bits per heavy atom. The van der Waals surface area contributed by atoms with Crippen LogP contribution in [0.2, 0.25) is 0 Å². The third-order valence-corrected chi connectivity index (χ3v) is 5.88. The molecule has 0 bridgehead atoms. The Kier molecular flexibility index (Phi) is 3.57. The number of hydrogen-bond donors (Lipinski definition) is 2. The molecule has 24 heavy (non-hydrogen) atoms. The first-order chi connectivity index (χ1) is 11.5. The Balaban J connectivity index is 1.38. The smallest absolute Gasteiger partial charge is 0.408 e. The largest absolute Gasteiger partial charge is 0.440 e. The van der Waals surface area contributed by atoms with Gasteiger partial charge in [0.1, 0.15) is 5.60 Å². The van der Waals surface area contributed by atoms with Crippen LogP contribution in [0.4, 0.5) is 4.79 Å². The number of piperidine rings is 1. The van der Waals surface area contributed by atoms with Crippen LogP contribution in [-0.4, -0.2) is 46.8 Å². The third-order valence-electron chi connectivity index (χ3n) is 5.88. The summed E-state index contributed by atoms with van der Waals surface area (Å²) >= 11 is 0. The third kappa shape index (κ3) is 2.47. The van der Waals surface area contributed by atoms with Gasteiger partial charge in [-0.2, -0.15) is 0 Å². The molecule has 0 radical (unpaired) electrons. The van der Waals surface area contributed by atoms with E-state index in [1.165, 1.54) is 16.5 Å². The molecule has 5 nitrogen and oxygen atoms in total. The number of amides is 1. The van der Waals surface area contributed by atoms with E-state index in [0.717, 1.165) is 38.9 Å². The predicted octanol–water partition coefficient (Wildman–Crippen LogP) is 3.06. The van der Waals surface area contributed by atoms with Gasteiger partial charge in [-0.05, 0) is 31.9 Å². The molecular weight excluding hydrogens is 302 g/mol. The van der Waals surface area contributed by atoms with E-state index in [2.05, 4.69) is 59.5 Å². The van der Waals surface area contributed by atoms with Crippen molar-refractivity contribution in [1.29, 1.82) is 0 Å². The number of carbonyl (C=O) groups excluding carboxylic acids is 1. The van der Waals surface area contributed by atoms with Gasteiger partial charge in [0.05, 0.1) is 5.54 Å². The topological polar surface area (TPSA) is 57.4 Å². The van der Waals surface area contributed by atoms with E-state index in [0.29, 0.717) is 0 Å². The lowest BCUT2D eigenvalue weighted by molar-refractivity contribution is -0.0401. The molecule has 2 fully saturated rings. The summed E-state index contributed by atoms with van der Waals surface area (Å²) in [5, 5.41) is 4.28. The van der Waals surface area contributed by atoms with E-state index < -0.39 is 0 Å². The number of H-pyrrole nitrogens is 1. The highest BCUT2D eigenvalue weighted by Gasteiger charge is 2.55. The molecular formula is C19H25N3O2. The van der Waals surface area contributed by atoms with Gasteiger partial charge < -0.3 is 19.9 Å². The fourth-order valence-corrected chi connectivity index (χ4v) is 4.18. The molecule has 0 aliphatic carbocycles. The molecule has 3 heterocycles. The van der Waals surface area contributed by atoms with Gasteiger partial charge in [0, 0.05) is 49.6 Å². The van der Waals surface area contributed by atoms with Crippen molar-refractivity contribution in [3.63, 3.8) is 0 Å². The summed E-state index contributed by atoms with van der Waals surface area (Å²) in [5.74, 6) is 0. The lowest BCUT2D eigenvalue weighted by Crippen LogP contribution is -2.57. The monoisotopic (exact) mass is 327 g/mol. The second-order valence-electron chi connectivity index (χ2n) is 7.58. The summed E-state index contributed by atoms with van der Waals surface area (Å²) in [6.07, 6.45) is 4.69. The molecule has 2 aromatic rings. The van der Waals surface area contributed by atoms with Gasteiger partial charge in [-0.15, -0.1) is 0 Å². The van der Waals surface area contributed by atoms with Crippen molar-refractivity contribution in [1.82, 2.24) is 15.2 Å². The second kappa shape index (κ2) is 5.52. The summed E-state index contributed by atoms with van der Waals surface area (Å²) < 4.78 is 5.68. The van der Waals surface area contributed by atoms with Crippen molar-refractivity contribution < 1.29 is 9.53 Å². The molecule has 128 valence electrons.